The standard InChI is InChI=1S/C10H12O4/c1-2-13-10(12)14-7-8-5-3-4-6-9(8)11/h3-6,11H,2,7H2,1H3. The van der Waals surface area contributed by atoms with E-state index in [0.29, 0.717) is 5.56 Å². The predicted molar refractivity (Wildman–Crippen MR) is 49.9 cm³/mol. The fraction of sp³-hybridized carbons (Fsp3) is 0.300. The van der Waals surface area contributed by atoms with Crippen LogP contribution in [0.1, 0.15) is 12.5 Å². The third-order valence-corrected chi connectivity index (χ3v) is 1.60. The van der Waals surface area contributed by atoms with Gasteiger partial charge in [-0.2, -0.15) is 0 Å². The second-order valence-electron chi connectivity index (χ2n) is 2.60. The zero-order chi connectivity index (χ0) is 10.4. The van der Waals surface area contributed by atoms with Crippen LogP contribution < -0.4 is 0 Å². The maximum absolute atomic E-state index is 10.8. The van der Waals surface area contributed by atoms with Gasteiger partial charge in [0.05, 0.1) is 6.61 Å². The number of phenols is 1. The van der Waals surface area contributed by atoms with E-state index in [-0.39, 0.29) is 19.0 Å². The molecule has 0 atom stereocenters. The summed E-state index contributed by atoms with van der Waals surface area (Å²) in [6.07, 6.45) is -0.726. The molecule has 4 heteroatoms. The van der Waals surface area contributed by atoms with Crippen molar-refractivity contribution in [2.75, 3.05) is 6.61 Å². The Morgan fingerprint density at radius 3 is 2.71 bits per heavy atom. The predicted octanol–water partition coefficient (Wildman–Crippen LogP) is 2.07. The lowest BCUT2D eigenvalue weighted by atomic mass is 10.2. The third kappa shape index (κ3) is 2.97. The first-order valence-corrected chi connectivity index (χ1v) is 4.30. The molecular weight excluding hydrogens is 184 g/mol. The molecule has 0 unspecified atom stereocenters. The summed E-state index contributed by atoms with van der Waals surface area (Å²) < 4.78 is 9.29. The van der Waals surface area contributed by atoms with E-state index in [1.165, 1.54) is 6.07 Å². The van der Waals surface area contributed by atoms with Crippen LogP contribution in [0, 0.1) is 0 Å². The Bertz CT molecular complexity index is 309. The molecule has 0 aliphatic carbocycles. The highest BCUT2D eigenvalue weighted by atomic mass is 16.7. The van der Waals surface area contributed by atoms with Gasteiger partial charge in [0.25, 0.3) is 0 Å². The number of rotatable bonds is 3. The van der Waals surface area contributed by atoms with Crippen molar-refractivity contribution in [2.45, 2.75) is 13.5 Å². The molecule has 0 spiro atoms. The van der Waals surface area contributed by atoms with Crippen LogP contribution in [0.3, 0.4) is 0 Å². The number of carbonyl (C=O) groups excluding carboxylic acids is 1. The fourth-order valence-corrected chi connectivity index (χ4v) is 0.929. The minimum Gasteiger partial charge on any atom is -0.508 e. The van der Waals surface area contributed by atoms with Crippen LogP contribution >= 0.6 is 0 Å². The molecule has 0 saturated heterocycles. The van der Waals surface area contributed by atoms with E-state index in [2.05, 4.69) is 4.74 Å². The van der Waals surface area contributed by atoms with Crippen molar-refractivity contribution in [3.63, 3.8) is 0 Å². The van der Waals surface area contributed by atoms with Crippen molar-refractivity contribution >= 4 is 6.16 Å². The number of aromatic hydroxyl groups is 1. The van der Waals surface area contributed by atoms with Crippen molar-refractivity contribution in [3.05, 3.63) is 29.8 Å². The van der Waals surface area contributed by atoms with Crippen molar-refractivity contribution in [1.29, 1.82) is 0 Å². The molecule has 0 radical (unpaired) electrons. The molecule has 1 N–H and O–H groups in total. The lowest BCUT2D eigenvalue weighted by molar-refractivity contribution is 0.0532. The maximum atomic E-state index is 10.8. The lowest BCUT2D eigenvalue weighted by Crippen LogP contribution is -2.06. The van der Waals surface area contributed by atoms with Crippen LogP contribution in [0.25, 0.3) is 0 Å². The van der Waals surface area contributed by atoms with E-state index in [4.69, 9.17) is 4.74 Å². The summed E-state index contributed by atoms with van der Waals surface area (Å²) in [4.78, 5) is 10.8. The summed E-state index contributed by atoms with van der Waals surface area (Å²) in [7, 11) is 0. The molecule has 0 heterocycles. The van der Waals surface area contributed by atoms with Gasteiger partial charge in [0, 0.05) is 5.56 Å². The van der Waals surface area contributed by atoms with E-state index < -0.39 is 6.16 Å². The van der Waals surface area contributed by atoms with Crippen LogP contribution in [-0.2, 0) is 16.1 Å². The molecule has 0 aliphatic rings. The molecule has 1 aromatic carbocycles. The average Bonchev–Trinajstić information content (AvgIpc) is 2.17. The van der Waals surface area contributed by atoms with Crippen molar-refractivity contribution < 1.29 is 19.4 Å². The number of carbonyl (C=O) groups is 1. The molecule has 0 bridgehead atoms. The van der Waals surface area contributed by atoms with Crippen LogP contribution in [0.2, 0.25) is 0 Å². The van der Waals surface area contributed by atoms with Crippen LogP contribution in [-0.4, -0.2) is 17.9 Å². The zero-order valence-corrected chi connectivity index (χ0v) is 7.90. The normalized spacial score (nSPS) is 9.50. The van der Waals surface area contributed by atoms with E-state index in [0.717, 1.165) is 0 Å². The number of phenolic OH excluding ortho intramolecular Hbond substituents is 1. The molecule has 0 saturated carbocycles. The smallest absolute Gasteiger partial charge is 0.508 e. The average molecular weight is 196 g/mol. The van der Waals surface area contributed by atoms with E-state index in [1.807, 2.05) is 0 Å². The second kappa shape index (κ2) is 5.11. The molecule has 0 amide bonds. The number of hydrogen-bond acceptors (Lipinski definition) is 4. The molecule has 14 heavy (non-hydrogen) atoms. The first-order valence-electron chi connectivity index (χ1n) is 4.30. The van der Waals surface area contributed by atoms with Gasteiger partial charge in [0.15, 0.2) is 0 Å². The Morgan fingerprint density at radius 2 is 2.07 bits per heavy atom. The Morgan fingerprint density at radius 1 is 1.36 bits per heavy atom. The zero-order valence-electron chi connectivity index (χ0n) is 7.90. The van der Waals surface area contributed by atoms with Crippen LogP contribution in [0.5, 0.6) is 5.75 Å². The number of hydrogen-bond donors (Lipinski definition) is 1. The first-order chi connectivity index (χ1) is 6.74. The molecule has 76 valence electrons. The molecule has 0 fully saturated rings. The Balaban J connectivity index is 2.46. The highest BCUT2D eigenvalue weighted by Gasteiger charge is 2.05. The molecule has 1 aromatic rings. The number of ether oxygens (including phenoxy) is 2. The SMILES string of the molecule is CCOC(=O)OCc1ccccc1O. The van der Waals surface area contributed by atoms with Crippen LogP contribution in [0.4, 0.5) is 4.79 Å². The first kappa shape index (κ1) is 10.4. The quantitative estimate of drug-likeness (QED) is 0.752. The van der Waals surface area contributed by atoms with E-state index in [1.54, 1.807) is 25.1 Å². The van der Waals surface area contributed by atoms with Crippen molar-refractivity contribution in [2.24, 2.45) is 0 Å². The van der Waals surface area contributed by atoms with E-state index in [9.17, 15) is 9.90 Å². The highest BCUT2D eigenvalue weighted by molar-refractivity contribution is 5.59. The van der Waals surface area contributed by atoms with Crippen molar-refractivity contribution in [3.8, 4) is 5.75 Å². The summed E-state index contributed by atoms with van der Waals surface area (Å²) in [5.74, 6) is 0.108. The van der Waals surface area contributed by atoms with Gasteiger partial charge in [0.2, 0.25) is 0 Å². The minimum atomic E-state index is -0.726. The summed E-state index contributed by atoms with van der Waals surface area (Å²) in [5.41, 5.74) is 0.556. The highest BCUT2D eigenvalue weighted by Crippen LogP contribution is 2.16. The minimum absolute atomic E-state index is 0.0194. The van der Waals surface area contributed by atoms with Gasteiger partial charge in [-0.25, -0.2) is 4.79 Å². The van der Waals surface area contributed by atoms with Crippen molar-refractivity contribution in [1.82, 2.24) is 0 Å². The van der Waals surface area contributed by atoms with Gasteiger partial charge in [-0.3, -0.25) is 0 Å². The largest absolute Gasteiger partial charge is 0.508 e. The topological polar surface area (TPSA) is 55.8 Å². The van der Waals surface area contributed by atoms with Gasteiger partial charge < -0.3 is 14.6 Å². The number of benzene rings is 1. The Kier molecular flexibility index (Phi) is 3.79. The number of para-hydroxylation sites is 1. The van der Waals surface area contributed by atoms with Gasteiger partial charge in [-0.05, 0) is 13.0 Å². The molecule has 4 nitrogen and oxygen atoms in total. The molecule has 1 rings (SSSR count). The molecular formula is C10H12O4. The maximum Gasteiger partial charge on any atom is 0.508 e. The molecule has 0 aromatic heterocycles. The fourth-order valence-electron chi connectivity index (χ4n) is 0.929. The van der Waals surface area contributed by atoms with Gasteiger partial charge in [0.1, 0.15) is 12.4 Å². The molecule has 0 aliphatic heterocycles. The summed E-state index contributed by atoms with van der Waals surface area (Å²) in [5, 5.41) is 9.32. The monoisotopic (exact) mass is 196 g/mol. The summed E-state index contributed by atoms with van der Waals surface area (Å²) in [6.45, 7) is 1.99. The summed E-state index contributed by atoms with van der Waals surface area (Å²) >= 11 is 0. The second-order valence-corrected chi connectivity index (χ2v) is 2.60. The van der Waals surface area contributed by atoms with Crippen LogP contribution in [0.15, 0.2) is 24.3 Å². The van der Waals surface area contributed by atoms with Gasteiger partial charge in [-0.15, -0.1) is 0 Å². The Hall–Kier alpha value is -1.71. The third-order valence-electron chi connectivity index (χ3n) is 1.60. The van der Waals surface area contributed by atoms with Gasteiger partial charge >= 0.3 is 6.16 Å². The van der Waals surface area contributed by atoms with E-state index >= 15 is 0 Å². The summed E-state index contributed by atoms with van der Waals surface area (Å²) in [6, 6.07) is 6.66. The Labute approximate surface area is 82.1 Å². The van der Waals surface area contributed by atoms with Gasteiger partial charge in [-0.1, -0.05) is 18.2 Å². The lowest BCUT2D eigenvalue weighted by Gasteiger charge is -2.05.